The van der Waals surface area contributed by atoms with Gasteiger partial charge in [-0.1, -0.05) is 12.1 Å². The lowest BCUT2D eigenvalue weighted by Crippen LogP contribution is -2.29. The van der Waals surface area contributed by atoms with E-state index in [1.54, 1.807) is 12.4 Å². The van der Waals surface area contributed by atoms with Crippen molar-refractivity contribution in [2.24, 2.45) is 4.99 Å². The van der Waals surface area contributed by atoms with Crippen LogP contribution < -0.4 is 4.90 Å². The maximum absolute atomic E-state index is 4.42. The molecular formula is C17H19N3. The van der Waals surface area contributed by atoms with Crippen molar-refractivity contribution in [3.05, 3.63) is 54.4 Å². The van der Waals surface area contributed by atoms with E-state index in [4.69, 9.17) is 0 Å². The van der Waals surface area contributed by atoms with E-state index >= 15 is 0 Å². The Hall–Kier alpha value is -2.16. The minimum absolute atomic E-state index is 0.882. The molecule has 1 aliphatic rings. The summed E-state index contributed by atoms with van der Waals surface area (Å²) in [5.41, 5.74) is 3.32. The van der Waals surface area contributed by atoms with Gasteiger partial charge in [0.1, 0.15) is 0 Å². The summed E-state index contributed by atoms with van der Waals surface area (Å²) in [5, 5.41) is 0. The summed E-state index contributed by atoms with van der Waals surface area (Å²) >= 11 is 0. The van der Waals surface area contributed by atoms with Gasteiger partial charge in [-0.3, -0.25) is 9.98 Å². The zero-order valence-corrected chi connectivity index (χ0v) is 11.6. The first kappa shape index (κ1) is 12.9. The quantitative estimate of drug-likeness (QED) is 0.789. The molecular weight excluding hydrogens is 246 g/mol. The van der Waals surface area contributed by atoms with Gasteiger partial charge in [-0.15, -0.1) is 0 Å². The van der Waals surface area contributed by atoms with E-state index in [2.05, 4.69) is 39.1 Å². The highest BCUT2D eigenvalue weighted by molar-refractivity contribution is 5.82. The highest BCUT2D eigenvalue weighted by Gasteiger charge is 2.09. The van der Waals surface area contributed by atoms with Crippen molar-refractivity contribution in [3.8, 4) is 0 Å². The van der Waals surface area contributed by atoms with Crippen molar-refractivity contribution in [2.75, 3.05) is 18.0 Å². The lowest BCUT2D eigenvalue weighted by molar-refractivity contribution is 0.578. The van der Waals surface area contributed by atoms with Crippen molar-refractivity contribution < 1.29 is 0 Å². The molecule has 0 aliphatic carbocycles. The maximum Gasteiger partial charge on any atom is 0.0813 e. The second kappa shape index (κ2) is 6.33. The van der Waals surface area contributed by atoms with E-state index in [0.29, 0.717) is 0 Å². The Morgan fingerprint density at radius 1 is 1.00 bits per heavy atom. The number of aromatic nitrogens is 1. The summed E-state index contributed by atoms with van der Waals surface area (Å²) in [6.07, 6.45) is 9.39. The second-order valence-corrected chi connectivity index (χ2v) is 5.11. The highest BCUT2D eigenvalue weighted by Crippen LogP contribution is 2.20. The normalized spacial score (nSPS) is 15.7. The molecule has 0 unspecified atom stereocenters. The maximum atomic E-state index is 4.42. The van der Waals surface area contributed by atoms with Crippen LogP contribution in [0.1, 0.15) is 24.8 Å². The molecule has 0 saturated carbocycles. The van der Waals surface area contributed by atoms with Gasteiger partial charge in [-0.25, -0.2) is 0 Å². The summed E-state index contributed by atoms with van der Waals surface area (Å²) in [6, 6.07) is 12.5. The van der Waals surface area contributed by atoms with Gasteiger partial charge in [0.05, 0.1) is 11.9 Å². The van der Waals surface area contributed by atoms with Crippen LogP contribution in [0.25, 0.3) is 0 Å². The molecule has 0 atom stereocenters. The molecule has 0 N–H and O–H groups in total. The lowest BCUT2D eigenvalue weighted by Gasteiger charge is -2.28. The van der Waals surface area contributed by atoms with E-state index in [9.17, 15) is 0 Å². The number of piperidine rings is 1. The Bertz CT molecular complexity index is 555. The third-order valence-corrected chi connectivity index (χ3v) is 3.62. The molecule has 102 valence electrons. The molecule has 0 bridgehead atoms. The predicted octanol–water partition coefficient (Wildman–Crippen LogP) is 3.82. The van der Waals surface area contributed by atoms with E-state index in [0.717, 1.165) is 11.3 Å². The van der Waals surface area contributed by atoms with Crippen LogP contribution in [-0.2, 0) is 0 Å². The van der Waals surface area contributed by atoms with Crippen LogP contribution in [0.4, 0.5) is 11.4 Å². The topological polar surface area (TPSA) is 28.5 Å². The fourth-order valence-electron chi connectivity index (χ4n) is 2.50. The third kappa shape index (κ3) is 3.23. The van der Waals surface area contributed by atoms with E-state index in [-0.39, 0.29) is 0 Å². The summed E-state index contributed by atoms with van der Waals surface area (Å²) in [4.78, 5) is 10.9. The molecule has 0 amide bonds. The van der Waals surface area contributed by atoms with Crippen molar-refractivity contribution >= 4 is 17.6 Å². The molecule has 1 aromatic heterocycles. The fraction of sp³-hybridized carbons (Fsp3) is 0.294. The lowest BCUT2D eigenvalue weighted by atomic mass is 10.1. The SMILES string of the molecule is C(=Nc1cccnc1)c1ccc(N2CCCCC2)cc1. The Balaban J connectivity index is 1.68. The average molecular weight is 265 g/mol. The van der Waals surface area contributed by atoms with Gasteiger partial charge in [-0.05, 0) is 49.1 Å². The van der Waals surface area contributed by atoms with Gasteiger partial charge < -0.3 is 4.90 Å². The molecule has 0 radical (unpaired) electrons. The zero-order valence-electron chi connectivity index (χ0n) is 11.6. The van der Waals surface area contributed by atoms with Crippen molar-refractivity contribution in [3.63, 3.8) is 0 Å². The van der Waals surface area contributed by atoms with Crippen molar-refractivity contribution in [1.29, 1.82) is 0 Å². The monoisotopic (exact) mass is 265 g/mol. The summed E-state index contributed by atoms with van der Waals surface area (Å²) in [6.45, 7) is 2.37. The number of hydrogen-bond acceptors (Lipinski definition) is 3. The summed E-state index contributed by atoms with van der Waals surface area (Å²) in [7, 11) is 0. The van der Waals surface area contributed by atoms with Gasteiger partial charge in [0.25, 0.3) is 0 Å². The van der Waals surface area contributed by atoms with Gasteiger partial charge in [0.2, 0.25) is 0 Å². The molecule has 1 saturated heterocycles. The van der Waals surface area contributed by atoms with E-state index in [1.165, 1.54) is 38.0 Å². The Morgan fingerprint density at radius 2 is 1.80 bits per heavy atom. The Kier molecular flexibility index (Phi) is 4.07. The van der Waals surface area contributed by atoms with Crippen LogP contribution in [0.5, 0.6) is 0 Å². The number of anilines is 1. The number of benzene rings is 1. The molecule has 3 nitrogen and oxygen atoms in total. The van der Waals surface area contributed by atoms with Gasteiger partial charge >= 0.3 is 0 Å². The number of hydrogen-bond donors (Lipinski definition) is 0. The zero-order chi connectivity index (χ0) is 13.6. The van der Waals surface area contributed by atoms with Crippen molar-refractivity contribution in [1.82, 2.24) is 4.98 Å². The number of nitrogens with zero attached hydrogens (tertiary/aromatic N) is 3. The predicted molar refractivity (Wildman–Crippen MR) is 84.0 cm³/mol. The molecule has 3 rings (SSSR count). The number of pyridine rings is 1. The standard InChI is InChI=1S/C17H19N3/c1-2-11-20(12-3-1)17-8-6-15(7-9-17)13-19-16-5-4-10-18-14-16/h4-10,13-14H,1-3,11-12H2. The molecule has 2 aromatic rings. The Morgan fingerprint density at radius 3 is 2.50 bits per heavy atom. The van der Waals surface area contributed by atoms with E-state index in [1.807, 2.05) is 18.3 Å². The molecule has 1 aliphatic heterocycles. The van der Waals surface area contributed by atoms with Crippen LogP contribution in [0, 0.1) is 0 Å². The molecule has 2 heterocycles. The number of aliphatic imine (C=N–C) groups is 1. The first-order valence-corrected chi connectivity index (χ1v) is 7.21. The molecule has 0 spiro atoms. The average Bonchev–Trinajstić information content (AvgIpc) is 2.55. The largest absolute Gasteiger partial charge is 0.372 e. The first-order chi connectivity index (χ1) is 9.92. The van der Waals surface area contributed by atoms with Gasteiger partial charge in [-0.2, -0.15) is 0 Å². The van der Waals surface area contributed by atoms with E-state index < -0.39 is 0 Å². The van der Waals surface area contributed by atoms with Crippen LogP contribution in [-0.4, -0.2) is 24.3 Å². The molecule has 1 aromatic carbocycles. The van der Waals surface area contributed by atoms with Crippen LogP contribution in [0.15, 0.2) is 53.8 Å². The molecule has 3 heteroatoms. The van der Waals surface area contributed by atoms with Crippen LogP contribution >= 0.6 is 0 Å². The minimum atomic E-state index is 0.882. The fourth-order valence-corrected chi connectivity index (χ4v) is 2.50. The Labute approximate surface area is 120 Å². The third-order valence-electron chi connectivity index (χ3n) is 3.62. The molecule has 1 fully saturated rings. The summed E-state index contributed by atoms with van der Waals surface area (Å²) in [5.74, 6) is 0. The van der Waals surface area contributed by atoms with Crippen molar-refractivity contribution in [2.45, 2.75) is 19.3 Å². The number of rotatable bonds is 3. The van der Waals surface area contributed by atoms with Crippen LogP contribution in [0.2, 0.25) is 0 Å². The van der Waals surface area contributed by atoms with Gasteiger partial charge in [0.15, 0.2) is 0 Å². The second-order valence-electron chi connectivity index (χ2n) is 5.11. The minimum Gasteiger partial charge on any atom is -0.372 e. The highest BCUT2D eigenvalue weighted by atomic mass is 15.1. The molecule has 20 heavy (non-hydrogen) atoms. The first-order valence-electron chi connectivity index (χ1n) is 7.21. The van der Waals surface area contributed by atoms with Gasteiger partial charge in [0, 0.05) is 31.2 Å². The summed E-state index contributed by atoms with van der Waals surface area (Å²) < 4.78 is 0. The van der Waals surface area contributed by atoms with Crippen LogP contribution in [0.3, 0.4) is 0 Å². The smallest absolute Gasteiger partial charge is 0.0813 e.